The van der Waals surface area contributed by atoms with E-state index in [4.69, 9.17) is 0 Å². The molecule has 1 fully saturated rings. The molecule has 0 bridgehead atoms. The maximum atomic E-state index is 14.0. The van der Waals surface area contributed by atoms with E-state index in [9.17, 15) is 14.0 Å². The standard InChI is InChI=1S/C22H25FN2O2S/c1-3-4-5-12-20(26)24-17-9-6-8-16(13-17)22-25(21(27)14-28-22)19-11-7-10-18(23)15(19)2/h6-11,13,22H,3-5,12,14H2,1-2H3,(H,24,26)/t22-/m0/s1. The number of unbranched alkanes of at least 4 members (excludes halogenated alkanes) is 2. The third-order valence-corrected chi connectivity index (χ3v) is 6.04. The van der Waals surface area contributed by atoms with Gasteiger partial charge in [-0.3, -0.25) is 14.5 Å². The molecule has 0 spiro atoms. The highest BCUT2D eigenvalue weighted by molar-refractivity contribution is 8.00. The van der Waals surface area contributed by atoms with E-state index in [1.165, 1.54) is 17.8 Å². The zero-order chi connectivity index (χ0) is 20.1. The third-order valence-electron chi connectivity index (χ3n) is 4.83. The van der Waals surface area contributed by atoms with Gasteiger partial charge in [0.15, 0.2) is 0 Å². The second kappa shape index (κ2) is 9.24. The first-order valence-corrected chi connectivity index (χ1v) is 10.6. The molecule has 2 amide bonds. The number of halogens is 1. The predicted octanol–water partition coefficient (Wildman–Crippen LogP) is 5.43. The smallest absolute Gasteiger partial charge is 0.238 e. The summed E-state index contributed by atoms with van der Waals surface area (Å²) < 4.78 is 14.0. The van der Waals surface area contributed by atoms with Gasteiger partial charge in [0.25, 0.3) is 0 Å². The molecule has 0 radical (unpaired) electrons. The van der Waals surface area contributed by atoms with E-state index in [2.05, 4.69) is 12.2 Å². The van der Waals surface area contributed by atoms with E-state index < -0.39 is 0 Å². The molecule has 1 heterocycles. The molecule has 3 rings (SSSR count). The summed E-state index contributed by atoms with van der Waals surface area (Å²) in [6.07, 6.45) is 3.49. The maximum Gasteiger partial charge on any atom is 0.238 e. The number of carbonyl (C=O) groups excluding carboxylic acids is 2. The first-order chi connectivity index (χ1) is 13.5. The number of thioether (sulfide) groups is 1. The Morgan fingerprint density at radius 3 is 2.82 bits per heavy atom. The van der Waals surface area contributed by atoms with Gasteiger partial charge in [0.2, 0.25) is 11.8 Å². The summed E-state index contributed by atoms with van der Waals surface area (Å²) in [6.45, 7) is 3.79. The molecular formula is C22H25FN2O2S. The van der Waals surface area contributed by atoms with Crippen LogP contribution in [0.5, 0.6) is 0 Å². The topological polar surface area (TPSA) is 49.4 Å². The van der Waals surface area contributed by atoms with Crippen LogP contribution in [0.25, 0.3) is 0 Å². The van der Waals surface area contributed by atoms with Gasteiger partial charge in [-0.05, 0) is 43.2 Å². The van der Waals surface area contributed by atoms with Gasteiger partial charge in [-0.1, -0.05) is 38.0 Å². The summed E-state index contributed by atoms with van der Waals surface area (Å²) in [4.78, 5) is 26.3. The van der Waals surface area contributed by atoms with Crippen LogP contribution < -0.4 is 10.2 Å². The first-order valence-electron chi connectivity index (χ1n) is 9.60. The lowest BCUT2D eigenvalue weighted by molar-refractivity contribution is -0.117. The molecular weight excluding hydrogens is 375 g/mol. The highest BCUT2D eigenvalue weighted by Gasteiger charge is 2.35. The predicted molar refractivity (Wildman–Crippen MR) is 113 cm³/mol. The largest absolute Gasteiger partial charge is 0.326 e. The van der Waals surface area contributed by atoms with Crippen molar-refractivity contribution in [3.8, 4) is 0 Å². The number of hydrogen-bond donors (Lipinski definition) is 1. The number of benzene rings is 2. The van der Waals surface area contributed by atoms with Crippen LogP contribution in [-0.4, -0.2) is 17.6 Å². The van der Waals surface area contributed by atoms with Crippen molar-refractivity contribution in [2.45, 2.75) is 44.9 Å². The Bertz CT molecular complexity index is 871. The van der Waals surface area contributed by atoms with E-state index in [0.29, 0.717) is 23.4 Å². The van der Waals surface area contributed by atoms with Crippen LogP contribution in [0.1, 0.15) is 49.1 Å². The van der Waals surface area contributed by atoms with Gasteiger partial charge in [0.05, 0.1) is 11.4 Å². The van der Waals surface area contributed by atoms with Crippen LogP contribution in [-0.2, 0) is 9.59 Å². The summed E-state index contributed by atoms with van der Waals surface area (Å²) in [5.41, 5.74) is 2.68. The fourth-order valence-corrected chi connectivity index (χ4v) is 4.48. The Kier molecular flexibility index (Phi) is 6.73. The third kappa shape index (κ3) is 4.55. The van der Waals surface area contributed by atoms with Crippen molar-refractivity contribution in [2.24, 2.45) is 0 Å². The van der Waals surface area contributed by atoms with Gasteiger partial charge in [0, 0.05) is 17.7 Å². The van der Waals surface area contributed by atoms with Crippen molar-refractivity contribution in [3.63, 3.8) is 0 Å². The highest BCUT2D eigenvalue weighted by Crippen LogP contribution is 2.43. The van der Waals surface area contributed by atoms with Gasteiger partial charge in [-0.2, -0.15) is 0 Å². The average Bonchev–Trinajstić information content (AvgIpc) is 3.06. The van der Waals surface area contributed by atoms with Crippen molar-refractivity contribution in [1.29, 1.82) is 0 Å². The van der Waals surface area contributed by atoms with Crippen LogP contribution in [0.2, 0.25) is 0 Å². The fourth-order valence-electron chi connectivity index (χ4n) is 3.32. The summed E-state index contributed by atoms with van der Waals surface area (Å²) in [7, 11) is 0. The Morgan fingerprint density at radius 2 is 2.04 bits per heavy atom. The second-order valence-corrected chi connectivity index (χ2v) is 8.01. The van der Waals surface area contributed by atoms with Gasteiger partial charge in [-0.15, -0.1) is 11.8 Å². The van der Waals surface area contributed by atoms with Gasteiger partial charge >= 0.3 is 0 Å². The van der Waals surface area contributed by atoms with Crippen LogP contribution >= 0.6 is 11.8 Å². The summed E-state index contributed by atoms with van der Waals surface area (Å²) >= 11 is 1.51. The van der Waals surface area contributed by atoms with Crippen LogP contribution in [0.4, 0.5) is 15.8 Å². The van der Waals surface area contributed by atoms with E-state index >= 15 is 0 Å². The SMILES string of the molecule is CCCCCC(=O)Nc1cccc([C@@H]2SCC(=O)N2c2cccc(F)c2C)c1. The molecule has 148 valence electrons. The number of hydrogen-bond acceptors (Lipinski definition) is 3. The number of rotatable bonds is 7. The Hall–Kier alpha value is -2.34. The average molecular weight is 401 g/mol. The van der Waals surface area contributed by atoms with Crippen molar-refractivity contribution in [3.05, 3.63) is 59.4 Å². The highest BCUT2D eigenvalue weighted by atomic mass is 32.2. The minimum absolute atomic E-state index is 0.00131. The summed E-state index contributed by atoms with van der Waals surface area (Å²) in [5, 5.41) is 2.69. The normalized spacial score (nSPS) is 16.5. The summed E-state index contributed by atoms with van der Waals surface area (Å²) in [5.74, 6) is -0.0286. The molecule has 1 saturated heterocycles. The number of carbonyl (C=O) groups is 2. The number of anilines is 2. The molecule has 6 heteroatoms. The number of nitrogens with zero attached hydrogens (tertiary/aromatic N) is 1. The molecule has 1 aliphatic heterocycles. The zero-order valence-corrected chi connectivity index (χ0v) is 17.0. The fraction of sp³-hybridized carbons (Fsp3) is 0.364. The molecule has 2 aromatic carbocycles. The molecule has 0 aromatic heterocycles. The van der Waals surface area contributed by atoms with Gasteiger partial charge in [-0.25, -0.2) is 4.39 Å². The lowest BCUT2D eigenvalue weighted by atomic mass is 10.1. The van der Waals surface area contributed by atoms with Crippen LogP contribution in [0.15, 0.2) is 42.5 Å². The molecule has 1 atom stereocenters. The molecule has 28 heavy (non-hydrogen) atoms. The monoisotopic (exact) mass is 400 g/mol. The van der Waals surface area contributed by atoms with Gasteiger partial charge < -0.3 is 5.32 Å². The molecule has 0 saturated carbocycles. The maximum absolute atomic E-state index is 14.0. The number of amides is 2. The molecule has 0 unspecified atom stereocenters. The summed E-state index contributed by atoms with van der Waals surface area (Å²) in [6, 6.07) is 12.3. The quantitative estimate of drug-likeness (QED) is 0.630. The van der Waals surface area contributed by atoms with Crippen molar-refractivity contribution in [1.82, 2.24) is 0 Å². The van der Waals surface area contributed by atoms with E-state index in [-0.39, 0.29) is 23.0 Å². The van der Waals surface area contributed by atoms with Crippen molar-refractivity contribution < 1.29 is 14.0 Å². The number of nitrogens with one attached hydrogen (secondary N) is 1. The van der Waals surface area contributed by atoms with E-state index in [0.717, 1.165) is 30.5 Å². The Labute approximate surface area is 169 Å². The lowest BCUT2D eigenvalue weighted by Crippen LogP contribution is -2.28. The lowest BCUT2D eigenvalue weighted by Gasteiger charge is -2.26. The van der Waals surface area contributed by atoms with Crippen LogP contribution in [0, 0.1) is 12.7 Å². The minimum Gasteiger partial charge on any atom is -0.326 e. The second-order valence-electron chi connectivity index (χ2n) is 6.94. The van der Waals surface area contributed by atoms with Crippen LogP contribution in [0.3, 0.4) is 0 Å². The van der Waals surface area contributed by atoms with E-state index in [1.54, 1.807) is 24.0 Å². The Morgan fingerprint density at radius 1 is 1.25 bits per heavy atom. The van der Waals surface area contributed by atoms with E-state index in [1.807, 2.05) is 24.3 Å². The van der Waals surface area contributed by atoms with Crippen molar-refractivity contribution in [2.75, 3.05) is 16.0 Å². The zero-order valence-electron chi connectivity index (χ0n) is 16.2. The molecule has 1 N–H and O–H groups in total. The van der Waals surface area contributed by atoms with Gasteiger partial charge in [0.1, 0.15) is 11.2 Å². The molecule has 4 nitrogen and oxygen atoms in total. The molecule has 1 aliphatic rings. The van der Waals surface area contributed by atoms with Crippen molar-refractivity contribution >= 4 is 35.0 Å². The first kappa shape index (κ1) is 20.4. The Balaban J connectivity index is 1.81. The molecule has 2 aromatic rings. The molecule has 0 aliphatic carbocycles. The minimum atomic E-state index is -0.325.